The highest BCUT2D eigenvalue weighted by Gasteiger charge is 2.57. The Balaban J connectivity index is 2.12. The van der Waals surface area contributed by atoms with Crippen LogP contribution in [0.2, 0.25) is 0 Å². The summed E-state index contributed by atoms with van der Waals surface area (Å²) >= 11 is 0. The van der Waals surface area contributed by atoms with Crippen LogP contribution in [0, 0.1) is 0 Å². The lowest BCUT2D eigenvalue weighted by atomic mass is 10.00. The summed E-state index contributed by atoms with van der Waals surface area (Å²) in [5.74, 6) is 1.60. The molecule has 0 saturated heterocycles. The van der Waals surface area contributed by atoms with Crippen LogP contribution >= 0.6 is 15.0 Å². The molecule has 7 heteroatoms. The van der Waals surface area contributed by atoms with Crippen LogP contribution in [0.3, 0.4) is 0 Å². The monoisotopic (exact) mass is 437 g/mol. The number of benzene rings is 2. The van der Waals surface area contributed by atoms with Crippen LogP contribution in [0.5, 0.6) is 11.5 Å². The minimum absolute atomic E-state index is 0.798. The first-order valence-corrected chi connectivity index (χ1v) is 15.6. The maximum Gasteiger partial charge on any atom is 0.720 e. The van der Waals surface area contributed by atoms with Crippen molar-refractivity contribution in [1.82, 2.24) is 0 Å². The van der Waals surface area contributed by atoms with E-state index in [9.17, 15) is 0 Å². The van der Waals surface area contributed by atoms with Crippen molar-refractivity contribution >= 4 is 32.7 Å². The summed E-state index contributed by atoms with van der Waals surface area (Å²) in [4.78, 5) is 0. The predicted molar refractivity (Wildman–Crippen MR) is 130 cm³/mol. The smallest absolute Gasteiger partial charge is 0.630 e. The fourth-order valence-electron chi connectivity index (χ4n) is 4.25. The average molecular weight is 437 g/mol. The molecule has 0 spiro atoms. The molecule has 29 heavy (non-hydrogen) atoms. The van der Waals surface area contributed by atoms with Gasteiger partial charge in [0.25, 0.3) is 0 Å². The Bertz CT molecular complexity index is 755. The zero-order valence-electron chi connectivity index (χ0n) is 18.8. The summed E-state index contributed by atoms with van der Waals surface area (Å²) in [6.45, 7) is 10.9. The molecule has 0 N–H and O–H groups in total. The van der Waals surface area contributed by atoms with Crippen molar-refractivity contribution in [3.63, 3.8) is 0 Å². The Labute approximate surface area is 177 Å². The van der Waals surface area contributed by atoms with Crippen LogP contribution < -0.4 is 9.31 Å². The van der Waals surface area contributed by atoms with Gasteiger partial charge in [0.2, 0.25) is 0 Å². The van der Waals surface area contributed by atoms with Crippen molar-refractivity contribution in [2.45, 2.75) is 41.5 Å². The minimum Gasteiger partial charge on any atom is -0.630 e. The molecule has 0 aliphatic carbocycles. The maximum absolute atomic E-state index is 6.90. The molecule has 0 amide bonds. The normalized spacial score (nSPS) is 15.8. The summed E-state index contributed by atoms with van der Waals surface area (Å²) in [5, 5.41) is 2.11. The van der Waals surface area contributed by atoms with E-state index in [0.29, 0.717) is 0 Å². The van der Waals surface area contributed by atoms with Gasteiger partial charge in [-0.15, -0.1) is 0 Å². The Kier molecular flexibility index (Phi) is 7.16. The molecule has 0 bridgehead atoms. The molecule has 0 aromatic heterocycles. The van der Waals surface area contributed by atoms with E-state index in [1.165, 1.54) is 0 Å². The van der Waals surface area contributed by atoms with Crippen LogP contribution in [-0.2, 0) is 8.88 Å². The molecular weight excluding hydrogens is 401 g/mol. The largest absolute Gasteiger partial charge is 0.720 e. The third-order valence-electron chi connectivity index (χ3n) is 6.53. The molecule has 1 heterocycles. The second kappa shape index (κ2) is 9.10. The number of hydrogen-bond acceptors (Lipinski definition) is 4. The standard InChI is InChI=1S/C22H36BO4P2/c1-7-28(8-2,9-3)26-23(27-29(10-4,11-5)12-6)24-20-17-13-15-19-16-14-18-21(25-23)22(19)20/h13-18H,7-12H2,1-6H3/q+1. The van der Waals surface area contributed by atoms with E-state index in [0.717, 1.165) is 59.2 Å². The quantitative estimate of drug-likeness (QED) is 0.295. The van der Waals surface area contributed by atoms with Gasteiger partial charge in [0.1, 0.15) is 0 Å². The van der Waals surface area contributed by atoms with Gasteiger partial charge in [-0.05, 0) is 59.1 Å². The Morgan fingerprint density at radius 3 is 1.38 bits per heavy atom. The molecule has 1 aliphatic heterocycles. The molecule has 0 saturated carbocycles. The summed E-state index contributed by atoms with van der Waals surface area (Å²) in [6, 6.07) is 12.2. The van der Waals surface area contributed by atoms with Crippen molar-refractivity contribution in [1.29, 1.82) is 0 Å². The van der Waals surface area contributed by atoms with Gasteiger partial charge in [-0.3, -0.25) is 0 Å². The van der Waals surface area contributed by atoms with Gasteiger partial charge in [0.05, 0.1) is 68.8 Å². The van der Waals surface area contributed by atoms with Crippen molar-refractivity contribution < 1.29 is 18.2 Å². The van der Waals surface area contributed by atoms with Gasteiger partial charge in [0.15, 0.2) is 0 Å². The van der Waals surface area contributed by atoms with Gasteiger partial charge < -0.3 is 18.2 Å². The van der Waals surface area contributed by atoms with E-state index < -0.39 is 21.9 Å². The number of rotatable bonds is 10. The first-order chi connectivity index (χ1) is 13.9. The third kappa shape index (κ3) is 4.30. The fourth-order valence-corrected chi connectivity index (χ4v) is 9.25. The van der Waals surface area contributed by atoms with Crippen LogP contribution in [0.4, 0.5) is 0 Å². The van der Waals surface area contributed by atoms with Gasteiger partial charge in [-0.1, -0.05) is 24.3 Å². The zero-order chi connectivity index (χ0) is 21.1. The van der Waals surface area contributed by atoms with Gasteiger partial charge >= 0.3 is 6.96 Å². The summed E-state index contributed by atoms with van der Waals surface area (Å²) < 4.78 is 26.9. The summed E-state index contributed by atoms with van der Waals surface area (Å²) in [7, 11) is -3.42. The van der Waals surface area contributed by atoms with E-state index >= 15 is 0 Å². The molecule has 0 atom stereocenters. The highest BCUT2D eigenvalue weighted by Crippen LogP contribution is 2.66. The fraction of sp³-hybridized carbons (Fsp3) is 0.545. The third-order valence-corrected chi connectivity index (χ3v) is 14.9. The molecule has 4 nitrogen and oxygen atoms in total. The molecule has 3 rings (SSSR count). The zero-order valence-corrected chi connectivity index (χ0v) is 20.6. The molecule has 2 aromatic rings. The van der Waals surface area contributed by atoms with Gasteiger partial charge in [-0.25, -0.2) is 0 Å². The summed E-state index contributed by atoms with van der Waals surface area (Å²) in [5.41, 5.74) is 0. The van der Waals surface area contributed by atoms with E-state index in [4.69, 9.17) is 18.2 Å². The average Bonchev–Trinajstić information content (AvgIpc) is 2.76. The van der Waals surface area contributed by atoms with Crippen molar-refractivity contribution in [3.05, 3.63) is 36.4 Å². The number of hydrogen-bond donors (Lipinski definition) is 0. The minimum atomic E-state index is -2.36. The second-order valence-electron chi connectivity index (χ2n) is 7.65. The van der Waals surface area contributed by atoms with Crippen LogP contribution in [0.15, 0.2) is 36.4 Å². The highest BCUT2D eigenvalue weighted by molar-refractivity contribution is 7.74. The van der Waals surface area contributed by atoms with Crippen LogP contribution in [0.1, 0.15) is 41.5 Å². The molecule has 0 fully saturated rings. The molecule has 160 valence electrons. The maximum atomic E-state index is 6.90. The van der Waals surface area contributed by atoms with E-state index in [2.05, 4.69) is 53.7 Å². The van der Waals surface area contributed by atoms with Gasteiger partial charge in [-0.2, -0.15) is 0 Å². The lowest BCUT2D eigenvalue weighted by Gasteiger charge is -2.47. The Hall–Kier alpha value is -0.855. The SMILES string of the molecule is CC[P+](CC)(CC)O[B-]1(O[P+](CC)(CC)CC)Oc2cccc3cccc(c23)O1. The van der Waals surface area contributed by atoms with Crippen molar-refractivity contribution in [2.24, 2.45) is 0 Å². The lowest BCUT2D eigenvalue weighted by molar-refractivity contribution is 0.167. The van der Waals surface area contributed by atoms with Gasteiger partial charge in [0, 0.05) is 0 Å². The summed E-state index contributed by atoms with van der Waals surface area (Å²) in [6.07, 6.45) is 5.92. The molecule has 0 unspecified atom stereocenters. The van der Waals surface area contributed by atoms with Crippen molar-refractivity contribution in [3.8, 4) is 11.5 Å². The first-order valence-electron chi connectivity index (χ1n) is 11.1. The van der Waals surface area contributed by atoms with E-state index in [1.54, 1.807) is 0 Å². The van der Waals surface area contributed by atoms with E-state index in [-0.39, 0.29) is 0 Å². The highest BCUT2D eigenvalue weighted by atomic mass is 31.2. The Morgan fingerprint density at radius 1 is 0.655 bits per heavy atom. The predicted octanol–water partition coefficient (Wildman–Crippen LogP) is 7.06. The van der Waals surface area contributed by atoms with Crippen molar-refractivity contribution in [2.75, 3.05) is 37.0 Å². The Morgan fingerprint density at radius 2 is 1.03 bits per heavy atom. The topological polar surface area (TPSA) is 36.9 Å². The van der Waals surface area contributed by atoms with Crippen LogP contribution in [-0.4, -0.2) is 43.9 Å². The first kappa shape index (κ1) is 22.8. The van der Waals surface area contributed by atoms with E-state index in [1.807, 2.05) is 24.3 Å². The second-order valence-corrected chi connectivity index (χ2v) is 16.1. The lowest BCUT2D eigenvalue weighted by Crippen LogP contribution is -2.56. The van der Waals surface area contributed by atoms with Crippen LogP contribution in [0.25, 0.3) is 10.8 Å². The molecular formula is C22H36BO4P2+. The molecule has 0 radical (unpaired) electrons. The molecule has 1 aliphatic rings. The molecule has 2 aromatic carbocycles.